The Morgan fingerprint density at radius 2 is 1.85 bits per heavy atom. The first-order valence-corrected chi connectivity index (χ1v) is 7.25. The lowest BCUT2D eigenvalue weighted by Crippen LogP contribution is -2.25. The van der Waals surface area contributed by atoms with Crippen LogP contribution < -0.4 is 4.74 Å². The summed E-state index contributed by atoms with van der Waals surface area (Å²) in [6, 6.07) is 8.24. The van der Waals surface area contributed by atoms with Crippen LogP contribution in [-0.4, -0.2) is 40.9 Å². The molecule has 0 unspecified atom stereocenters. The maximum atomic E-state index is 5.80. The highest BCUT2D eigenvalue weighted by atomic mass is 16.5. The predicted molar refractivity (Wildman–Crippen MR) is 79.8 cm³/mol. The highest BCUT2D eigenvalue weighted by molar-refractivity contribution is 5.62. The van der Waals surface area contributed by atoms with Crippen molar-refractivity contribution in [3.8, 4) is 16.9 Å². The predicted octanol–water partition coefficient (Wildman–Crippen LogP) is 2.56. The normalized spacial score (nSPS) is 15.7. The van der Waals surface area contributed by atoms with Gasteiger partial charge in [-0.1, -0.05) is 12.1 Å². The Labute approximate surface area is 120 Å². The first-order chi connectivity index (χ1) is 9.81. The van der Waals surface area contributed by atoms with Crippen molar-refractivity contribution in [3.63, 3.8) is 0 Å². The number of aromatic nitrogens is 2. The standard InChI is InChI=1S/C16H21N3O/c1-18-13-15(12-17-18)14-4-6-16(7-5-14)20-11-10-19-8-2-3-9-19/h4-7,12-13H,2-3,8-11H2,1H3. The van der Waals surface area contributed by atoms with Crippen LogP contribution in [0.15, 0.2) is 36.7 Å². The van der Waals surface area contributed by atoms with Crippen LogP contribution in [0.5, 0.6) is 5.75 Å². The second-order valence-corrected chi connectivity index (χ2v) is 5.32. The quantitative estimate of drug-likeness (QED) is 0.837. The Hall–Kier alpha value is -1.81. The van der Waals surface area contributed by atoms with E-state index in [1.807, 2.05) is 36.3 Å². The molecule has 106 valence electrons. The molecule has 0 spiro atoms. The van der Waals surface area contributed by atoms with Crippen molar-refractivity contribution in [1.82, 2.24) is 14.7 Å². The fraction of sp³-hybridized carbons (Fsp3) is 0.438. The molecule has 0 amide bonds. The number of benzene rings is 1. The molecular weight excluding hydrogens is 250 g/mol. The summed E-state index contributed by atoms with van der Waals surface area (Å²) < 4.78 is 7.62. The summed E-state index contributed by atoms with van der Waals surface area (Å²) in [4.78, 5) is 2.46. The molecule has 0 N–H and O–H groups in total. The summed E-state index contributed by atoms with van der Waals surface area (Å²) in [6.07, 6.45) is 6.56. The minimum atomic E-state index is 0.770. The van der Waals surface area contributed by atoms with Crippen LogP contribution in [-0.2, 0) is 7.05 Å². The summed E-state index contributed by atoms with van der Waals surface area (Å²) in [6.45, 7) is 4.25. The summed E-state index contributed by atoms with van der Waals surface area (Å²) in [5.41, 5.74) is 2.31. The number of ether oxygens (including phenoxy) is 1. The average molecular weight is 271 g/mol. The Morgan fingerprint density at radius 1 is 1.10 bits per heavy atom. The van der Waals surface area contributed by atoms with Crippen molar-refractivity contribution in [1.29, 1.82) is 0 Å². The maximum absolute atomic E-state index is 5.80. The number of hydrogen-bond donors (Lipinski definition) is 0. The van der Waals surface area contributed by atoms with Crippen molar-refractivity contribution in [2.45, 2.75) is 12.8 Å². The Kier molecular flexibility index (Phi) is 4.02. The number of aryl methyl sites for hydroxylation is 1. The molecule has 2 heterocycles. The van der Waals surface area contributed by atoms with Crippen molar-refractivity contribution in [2.75, 3.05) is 26.2 Å². The molecule has 0 aliphatic carbocycles. The van der Waals surface area contributed by atoms with Crippen molar-refractivity contribution in [2.24, 2.45) is 7.05 Å². The van der Waals surface area contributed by atoms with Gasteiger partial charge in [0.1, 0.15) is 12.4 Å². The summed E-state index contributed by atoms with van der Waals surface area (Å²) >= 11 is 0. The monoisotopic (exact) mass is 271 g/mol. The maximum Gasteiger partial charge on any atom is 0.119 e. The fourth-order valence-electron chi connectivity index (χ4n) is 2.61. The third-order valence-corrected chi connectivity index (χ3v) is 3.77. The second-order valence-electron chi connectivity index (χ2n) is 5.32. The van der Waals surface area contributed by atoms with Gasteiger partial charge in [0.05, 0.1) is 6.20 Å². The molecule has 0 radical (unpaired) electrons. The van der Waals surface area contributed by atoms with E-state index in [4.69, 9.17) is 4.74 Å². The van der Waals surface area contributed by atoms with Crippen LogP contribution in [0, 0.1) is 0 Å². The highest BCUT2D eigenvalue weighted by Crippen LogP contribution is 2.21. The van der Waals surface area contributed by atoms with Gasteiger partial charge in [0, 0.05) is 25.4 Å². The molecule has 3 rings (SSSR count). The molecule has 4 heteroatoms. The molecular formula is C16H21N3O. The summed E-state index contributed by atoms with van der Waals surface area (Å²) in [5, 5.41) is 4.19. The van der Waals surface area contributed by atoms with Crippen molar-refractivity contribution < 1.29 is 4.74 Å². The SMILES string of the molecule is Cn1cc(-c2ccc(OCCN3CCCC3)cc2)cn1. The van der Waals surface area contributed by atoms with Crippen LogP contribution in [0.1, 0.15) is 12.8 Å². The van der Waals surface area contributed by atoms with E-state index < -0.39 is 0 Å². The van der Waals surface area contributed by atoms with E-state index >= 15 is 0 Å². The molecule has 0 atom stereocenters. The van der Waals surface area contributed by atoms with Crippen LogP contribution in [0.4, 0.5) is 0 Å². The van der Waals surface area contributed by atoms with Gasteiger partial charge in [-0.25, -0.2) is 0 Å². The van der Waals surface area contributed by atoms with E-state index in [0.717, 1.165) is 24.5 Å². The lowest BCUT2D eigenvalue weighted by atomic mass is 10.1. The zero-order valence-corrected chi connectivity index (χ0v) is 12.0. The Balaban J connectivity index is 1.53. The number of nitrogens with zero attached hydrogens (tertiary/aromatic N) is 3. The fourth-order valence-corrected chi connectivity index (χ4v) is 2.61. The molecule has 1 aromatic heterocycles. The van der Waals surface area contributed by atoms with Gasteiger partial charge in [0.15, 0.2) is 0 Å². The van der Waals surface area contributed by atoms with E-state index in [0.29, 0.717) is 0 Å². The Bertz CT molecular complexity index is 541. The average Bonchev–Trinajstić information content (AvgIpc) is 3.11. The number of rotatable bonds is 5. The van der Waals surface area contributed by atoms with E-state index in [-0.39, 0.29) is 0 Å². The van der Waals surface area contributed by atoms with Crippen LogP contribution >= 0.6 is 0 Å². The zero-order valence-electron chi connectivity index (χ0n) is 12.0. The van der Waals surface area contributed by atoms with Crippen LogP contribution in [0.25, 0.3) is 11.1 Å². The molecule has 0 bridgehead atoms. The van der Waals surface area contributed by atoms with Crippen LogP contribution in [0.2, 0.25) is 0 Å². The topological polar surface area (TPSA) is 30.3 Å². The smallest absolute Gasteiger partial charge is 0.119 e. The van der Waals surface area contributed by atoms with E-state index in [1.54, 1.807) is 0 Å². The highest BCUT2D eigenvalue weighted by Gasteiger charge is 2.10. The lowest BCUT2D eigenvalue weighted by molar-refractivity contribution is 0.238. The number of likely N-dealkylation sites (tertiary alicyclic amines) is 1. The van der Waals surface area contributed by atoms with Gasteiger partial charge >= 0.3 is 0 Å². The molecule has 1 saturated heterocycles. The van der Waals surface area contributed by atoms with Gasteiger partial charge in [0.2, 0.25) is 0 Å². The molecule has 1 aromatic carbocycles. The third kappa shape index (κ3) is 3.20. The molecule has 20 heavy (non-hydrogen) atoms. The van der Waals surface area contributed by atoms with Gasteiger partial charge in [-0.05, 0) is 43.6 Å². The minimum absolute atomic E-state index is 0.770. The first-order valence-electron chi connectivity index (χ1n) is 7.25. The minimum Gasteiger partial charge on any atom is -0.492 e. The lowest BCUT2D eigenvalue weighted by Gasteiger charge is -2.14. The van der Waals surface area contributed by atoms with Gasteiger partial charge in [-0.15, -0.1) is 0 Å². The van der Waals surface area contributed by atoms with E-state index in [9.17, 15) is 0 Å². The first kappa shape index (κ1) is 13.2. The molecule has 1 aliphatic rings. The van der Waals surface area contributed by atoms with Gasteiger partial charge < -0.3 is 4.74 Å². The van der Waals surface area contributed by atoms with Crippen molar-refractivity contribution in [3.05, 3.63) is 36.7 Å². The Morgan fingerprint density at radius 3 is 2.50 bits per heavy atom. The molecule has 2 aromatic rings. The third-order valence-electron chi connectivity index (χ3n) is 3.77. The molecule has 1 aliphatic heterocycles. The van der Waals surface area contributed by atoms with Crippen molar-refractivity contribution >= 4 is 0 Å². The van der Waals surface area contributed by atoms with Gasteiger partial charge in [0.25, 0.3) is 0 Å². The number of hydrogen-bond acceptors (Lipinski definition) is 3. The summed E-state index contributed by atoms with van der Waals surface area (Å²) in [7, 11) is 1.93. The molecule has 1 fully saturated rings. The van der Waals surface area contributed by atoms with E-state index in [2.05, 4.69) is 22.1 Å². The van der Waals surface area contributed by atoms with Crippen LogP contribution in [0.3, 0.4) is 0 Å². The molecule has 4 nitrogen and oxygen atoms in total. The van der Waals surface area contributed by atoms with Gasteiger partial charge in [-0.3, -0.25) is 9.58 Å². The second kappa shape index (κ2) is 6.09. The largest absolute Gasteiger partial charge is 0.492 e. The zero-order chi connectivity index (χ0) is 13.8. The van der Waals surface area contributed by atoms with E-state index in [1.165, 1.54) is 31.5 Å². The summed E-state index contributed by atoms with van der Waals surface area (Å²) in [5.74, 6) is 0.942. The molecule has 0 saturated carbocycles. The van der Waals surface area contributed by atoms with Gasteiger partial charge in [-0.2, -0.15) is 5.10 Å².